The van der Waals surface area contributed by atoms with Crippen LogP contribution < -0.4 is 0 Å². The van der Waals surface area contributed by atoms with Gasteiger partial charge in [0.05, 0.1) is 16.4 Å². The molecule has 2 aliphatic carbocycles. The molecule has 2 aliphatic rings. The molecular formula is C44H30N2O. The Morgan fingerprint density at radius 3 is 2.28 bits per heavy atom. The van der Waals surface area contributed by atoms with E-state index in [0.717, 1.165) is 50.0 Å². The zero-order valence-electron chi connectivity index (χ0n) is 26.2. The number of benzene rings is 6. The van der Waals surface area contributed by atoms with Crippen molar-refractivity contribution in [2.45, 2.75) is 19.3 Å². The number of imidazole rings is 1. The van der Waals surface area contributed by atoms with Gasteiger partial charge in [-0.25, -0.2) is 4.98 Å². The van der Waals surface area contributed by atoms with Gasteiger partial charge in [0.1, 0.15) is 17.0 Å². The summed E-state index contributed by atoms with van der Waals surface area (Å²) in [5.74, 6) is 0.936. The Hall–Kier alpha value is -5.93. The molecule has 0 N–H and O–H groups in total. The average molecular weight is 603 g/mol. The van der Waals surface area contributed by atoms with Gasteiger partial charge in [-0.1, -0.05) is 109 Å². The zero-order chi connectivity index (χ0) is 31.3. The maximum Gasteiger partial charge on any atom is 0.145 e. The Bertz CT molecular complexity index is 2650. The lowest BCUT2D eigenvalue weighted by Gasteiger charge is -2.31. The first-order valence-corrected chi connectivity index (χ1v) is 16.3. The van der Waals surface area contributed by atoms with Gasteiger partial charge in [-0.15, -0.1) is 0 Å². The topological polar surface area (TPSA) is 31.0 Å². The van der Waals surface area contributed by atoms with Crippen molar-refractivity contribution >= 4 is 38.5 Å². The Morgan fingerprint density at radius 2 is 1.40 bits per heavy atom. The van der Waals surface area contributed by atoms with Crippen molar-refractivity contribution in [3.63, 3.8) is 0 Å². The van der Waals surface area contributed by atoms with Crippen LogP contribution in [0.4, 0.5) is 0 Å². The number of rotatable bonds is 2. The maximum atomic E-state index is 6.71. The number of furan rings is 1. The van der Waals surface area contributed by atoms with Gasteiger partial charge < -0.3 is 4.42 Å². The van der Waals surface area contributed by atoms with Crippen molar-refractivity contribution in [1.29, 1.82) is 0 Å². The molecule has 222 valence electrons. The summed E-state index contributed by atoms with van der Waals surface area (Å²) >= 11 is 0. The summed E-state index contributed by atoms with van der Waals surface area (Å²) in [5, 5.41) is 2.31. The van der Waals surface area contributed by atoms with Gasteiger partial charge in [0, 0.05) is 27.6 Å². The second kappa shape index (κ2) is 9.54. The van der Waals surface area contributed by atoms with Crippen LogP contribution in [0.2, 0.25) is 0 Å². The van der Waals surface area contributed by atoms with Gasteiger partial charge in [-0.2, -0.15) is 0 Å². The monoisotopic (exact) mass is 602 g/mol. The number of fused-ring (bicyclic) bond motifs is 12. The van der Waals surface area contributed by atoms with Crippen LogP contribution in [0.5, 0.6) is 0 Å². The molecule has 2 heterocycles. The number of allylic oxidation sites excluding steroid dienone is 4. The van der Waals surface area contributed by atoms with E-state index in [2.05, 4.69) is 158 Å². The molecule has 1 unspecified atom stereocenters. The second-order valence-corrected chi connectivity index (χ2v) is 12.5. The molecule has 1 atom stereocenters. The molecule has 6 aromatic carbocycles. The maximum absolute atomic E-state index is 6.71. The minimum atomic E-state index is -0.495. The van der Waals surface area contributed by atoms with Crippen molar-refractivity contribution < 1.29 is 4.42 Å². The summed E-state index contributed by atoms with van der Waals surface area (Å²) in [4.78, 5) is 5.25. The van der Waals surface area contributed by atoms with Crippen LogP contribution in [0.3, 0.4) is 0 Å². The fraction of sp³-hybridized carbons (Fsp3) is 0.0682. The van der Waals surface area contributed by atoms with Gasteiger partial charge in [-0.05, 0) is 89.2 Å². The normalized spacial score (nSPS) is 18.2. The van der Waals surface area contributed by atoms with Crippen molar-refractivity contribution in [3.8, 4) is 28.2 Å². The third-order valence-electron chi connectivity index (χ3n) is 10.4. The molecule has 47 heavy (non-hydrogen) atoms. The van der Waals surface area contributed by atoms with E-state index >= 15 is 0 Å². The lowest BCUT2D eigenvalue weighted by atomic mass is 9.70. The van der Waals surface area contributed by atoms with Crippen LogP contribution in [0.15, 0.2) is 156 Å². The molecule has 3 heteroatoms. The number of aromatic nitrogens is 2. The summed E-state index contributed by atoms with van der Waals surface area (Å²) < 4.78 is 9.00. The average Bonchev–Trinajstić information content (AvgIpc) is 3.86. The first kappa shape index (κ1) is 26.3. The van der Waals surface area contributed by atoms with Crippen molar-refractivity contribution in [3.05, 3.63) is 173 Å². The number of para-hydroxylation sites is 4. The van der Waals surface area contributed by atoms with Crippen molar-refractivity contribution in [1.82, 2.24) is 9.55 Å². The smallest absolute Gasteiger partial charge is 0.145 e. The highest BCUT2D eigenvalue weighted by Gasteiger charge is 2.54. The summed E-state index contributed by atoms with van der Waals surface area (Å²) in [7, 11) is 0. The summed E-state index contributed by atoms with van der Waals surface area (Å²) in [6.45, 7) is 4.34. The Balaban J connectivity index is 1.31. The molecule has 2 aromatic heterocycles. The predicted molar refractivity (Wildman–Crippen MR) is 193 cm³/mol. The highest BCUT2D eigenvalue weighted by atomic mass is 16.3. The minimum absolute atomic E-state index is 0.495. The highest BCUT2D eigenvalue weighted by Crippen LogP contribution is 2.65. The van der Waals surface area contributed by atoms with Crippen molar-refractivity contribution in [2.24, 2.45) is 0 Å². The molecular weight excluding hydrogens is 572 g/mol. The van der Waals surface area contributed by atoms with E-state index in [4.69, 9.17) is 9.40 Å². The lowest BCUT2D eigenvalue weighted by molar-refractivity contribution is 0.666. The molecule has 0 radical (unpaired) electrons. The van der Waals surface area contributed by atoms with Crippen LogP contribution in [-0.4, -0.2) is 9.55 Å². The molecule has 10 rings (SSSR count). The number of hydrogen-bond acceptors (Lipinski definition) is 2. The van der Waals surface area contributed by atoms with E-state index in [9.17, 15) is 0 Å². The molecule has 1 spiro atoms. The van der Waals surface area contributed by atoms with Crippen LogP contribution in [0.1, 0.15) is 36.1 Å². The van der Waals surface area contributed by atoms with E-state index in [1.807, 2.05) is 6.07 Å². The summed E-state index contributed by atoms with van der Waals surface area (Å²) in [6, 6.07) is 47.9. The highest BCUT2D eigenvalue weighted by molar-refractivity contribution is 6.13. The minimum Gasteiger partial charge on any atom is -0.455 e. The molecule has 0 aliphatic heterocycles. The van der Waals surface area contributed by atoms with Gasteiger partial charge in [0.15, 0.2) is 0 Å². The summed E-state index contributed by atoms with van der Waals surface area (Å²) in [5.41, 5.74) is 15.8. The van der Waals surface area contributed by atoms with Gasteiger partial charge in [0.2, 0.25) is 0 Å². The van der Waals surface area contributed by atoms with Crippen LogP contribution in [0.25, 0.3) is 66.7 Å². The number of hydrogen-bond donors (Lipinski definition) is 0. The van der Waals surface area contributed by atoms with E-state index in [1.165, 1.54) is 44.5 Å². The first-order valence-electron chi connectivity index (χ1n) is 16.3. The standard InChI is InChI=1S/C44H30N2O/c1-3-29-34(4-2)44(36-25-24-33-32-17-9-13-21-40(32)47-42(33)41(29)36)35-18-10-8-16-30(35)31-23-22-27(26-37(31)44)43-45-38-19-11-12-20-39(38)46(43)28-14-6-5-7-15-28/h3-26H,1-2H3. The van der Waals surface area contributed by atoms with Gasteiger partial charge in [0.25, 0.3) is 0 Å². The molecule has 8 aromatic rings. The SMILES string of the molecule is CC=C1C(=CC)C2(c3ccccc3-c3ccc(-c4nc5ccccc5n4-c4ccccc4)cc32)c2ccc3c(oc4ccccc43)c21. The van der Waals surface area contributed by atoms with Crippen LogP contribution in [-0.2, 0) is 5.41 Å². The third-order valence-corrected chi connectivity index (χ3v) is 10.4. The van der Waals surface area contributed by atoms with E-state index in [-0.39, 0.29) is 0 Å². The second-order valence-electron chi connectivity index (χ2n) is 12.5. The molecule has 0 fully saturated rings. The Labute approximate surface area is 272 Å². The Morgan fingerprint density at radius 1 is 0.638 bits per heavy atom. The fourth-order valence-electron chi connectivity index (χ4n) is 8.58. The quantitative estimate of drug-likeness (QED) is 0.197. The van der Waals surface area contributed by atoms with E-state index < -0.39 is 5.41 Å². The first-order chi connectivity index (χ1) is 23.2. The molecule has 3 nitrogen and oxygen atoms in total. The van der Waals surface area contributed by atoms with Crippen LogP contribution in [0, 0.1) is 0 Å². The predicted octanol–water partition coefficient (Wildman–Crippen LogP) is 11.3. The third kappa shape index (κ3) is 3.28. The van der Waals surface area contributed by atoms with Gasteiger partial charge >= 0.3 is 0 Å². The largest absolute Gasteiger partial charge is 0.455 e. The Kier molecular flexibility index (Phi) is 5.34. The van der Waals surface area contributed by atoms with E-state index in [1.54, 1.807) is 0 Å². The molecule has 0 bridgehead atoms. The summed E-state index contributed by atoms with van der Waals surface area (Å²) in [6.07, 6.45) is 4.59. The molecule has 0 amide bonds. The lowest BCUT2D eigenvalue weighted by Crippen LogP contribution is -2.26. The van der Waals surface area contributed by atoms with E-state index in [0.29, 0.717) is 0 Å². The number of nitrogens with zero attached hydrogens (tertiary/aromatic N) is 2. The fourth-order valence-corrected chi connectivity index (χ4v) is 8.58. The van der Waals surface area contributed by atoms with Crippen molar-refractivity contribution in [2.75, 3.05) is 0 Å². The van der Waals surface area contributed by atoms with Gasteiger partial charge in [-0.3, -0.25) is 4.57 Å². The van der Waals surface area contributed by atoms with Crippen LogP contribution >= 0.6 is 0 Å². The molecule has 0 saturated heterocycles. The molecule has 0 saturated carbocycles. The zero-order valence-corrected chi connectivity index (χ0v) is 26.2.